The Morgan fingerprint density at radius 1 is 1.48 bits per heavy atom. The zero-order valence-corrected chi connectivity index (χ0v) is 13.6. The highest BCUT2D eigenvalue weighted by molar-refractivity contribution is 7.89. The fraction of sp³-hybridized carbons (Fsp3) is 0.769. The quantitative estimate of drug-likeness (QED) is 0.717. The van der Waals surface area contributed by atoms with Gasteiger partial charge in [-0.2, -0.15) is 5.10 Å². The van der Waals surface area contributed by atoms with Crippen LogP contribution in [0.1, 0.15) is 37.9 Å². The van der Waals surface area contributed by atoms with Crippen LogP contribution in [0.3, 0.4) is 0 Å². The molecule has 1 fully saturated rings. The summed E-state index contributed by atoms with van der Waals surface area (Å²) in [5.74, 6) is 0. The van der Waals surface area contributed by atoms with Crippen LogP contribution >= 0.6 is 0 Å². The first kappa shape index (κ1) is 16.4. The number of aromatic amines is 1. The minimum Gasteiger partial charge on any atom is -0.380 e. The molecule has 1 aromatic rings. The van der Waals surface area contributed by atoms with Gasteiger partial charge in [0.05, 0.1) is 6.61 Å². The van der Waals surface area contributed by atoms with E-state index >= 15 is 0 Å². The van der Waals surface area contributed by atoms with Crippen LogP contribution in [0.15, 0.2) is 5.03 Å². The molecule has 0 aromatic carbocycles. The Balaban J connectivity index is 2.15. The van der Waals surface area contributed by atoms with Gasteiger partial charge in [-0.15, -0.1) is 0 Å². The molecule has 2 heterocycles. The molecule has 1 aliphatic heterocycles. The molecule has 0 saturated carbocycles. The number of aromatic nitrogens is 2. The normalized spacial score (nSPS) is 20.1. The fourth-order valence-electron chi connectivity index (χ4n) is 2.28. The number of rotatable bonds is 6. The van der Waals surface area contributed by atoms with Crippen molar-refractivity contribution in [3.05, 3.63) is 11.3 Å². The van der Waals surface area contributed by atoms with Crippen molar-refractivity contribution in [1.29, 1.82) is 0 Å². The molecule has 1 atom stereocenters. The number of sulfonamides is 1. The first-order valence-corrected chi connectivity index (χ1v) is 8.75. The van der Waals surface area contributed by atoms with Gasteiger partial charge in [0.25, 0.3) is 10.0 Å². The lowest BCUT2D eigenvalue weighted by Gasteiger charge is -2.22. The number of hydrogen-bond acceptors (Lipinski definition) is 5. The van der Waals surface area contributed by atoms with Crippen molar-refractivity contribution < 1.29 is 13.2 Å². The number of H-pyrrole nitrogens is 1. The van der Waals surface area contributed by atoms with Crippen molar-refractivity contribution in [3.63, 3.8) is 0 Å². The summed E-state index contributed by atoms with van der Waals surface area (Å²) in [5, 5.41) is 10.0. The molecule has 2 rings (SSSR count). The van der Waals surface area contributed by atoms with Crippen LogP contribution < -0.4 is 10.0 Å². The van der Waals surface area contributed by atoms with Gasteiger partial charge in [0.1, 0.15) is 0 Å². The SMILES string of the molecule is Cc1[nH]nc(S(=O)(=O)NC2CCCOC2)c1CNC(C)C. The molecule has 0 amide bonds. The van der Waals surface area contributed by atoms with E-state index in [2.05, 4.69) is 20.2 Å². The minimum atomic E-state index is -3.63. The molecule has 120 valence electrons. The Hall–Kier alpha value is -0.960. The van der Waals surface area contributed by atoms with Crippen LogP contribution in [0.2, 0.25) is 0 Å². The van der Waals surface area contributed by atoms with E-state index in [9.17, 15) is 8.42 Å². The predicted octanol–water partition coefficient (Wildman–Crippen LogP) is 0.673. The summed E-state index contributed by atoms with van der Waals surface area (Å²) >= 11 is 0. The third-order valence-electron chi connectivity index (χ3n) is 3.46. The summed E-state index contributed by atoms with van der Waals surface area (Å²) in [7, 11) is -3.63. The Kier molecular flexibility index (Phi) is 5.37. The van der Waals surface area contributed by atoms with Gasteiger partial charge in [-0.05, 0) is 19.8 Å². The summed E-state index contributed by atoms with van der Waals surface area (Å²) < 4.78 is 33.0. The first-order chi connectivity index (χ1) is 9.90. The highest BCUT2D eigenvalue weighted by Crippen LogP contribution is 2.18. The van der Waals surface area contributed by atoms with Gasteiger partial charge in [-0.25, -0.2) is 13.1 Å². The number of hydrogen-bond donors (Lipinski definition) is 3. The highest BCUT2D eigenvalue weighted by atomic mass is 32.2. The Morgan fingerprint density at radius 2 is 2.24 bits per heavy atom. The summed E-state index contributed by atoms with van der Waals surface area (Å²) in [5.41, 5.74) is 1.45. The van der Waals surface area contributed by atoms with Crippen molar-refractivity contribution >= 4 is 10.0 Å². The lowest BCUT2D eigenvalue weighted by molar-refractivity contribution is 0.0774. The average Bonchev–Trinajstić information content (AvgIpc) is 2.79. The summed E-state index contributed by atoms with van der Waals surface area (Å²) in [6.45, 7) is 7.44. The molecule has 21 heavy (non-hydrogen) atoms. The van der Waals surface area contributed by atoms with Crippen molar-refractivity contribution in [2.75, 3.05) is 13.2 Å². The van der Waals surface area contributed by atoms with Crippen LogP contribution in [0.25, 0.3) is 0 Å². The van der Waals surface area contributed by atoms with E-state index in [4.69, 9.17) is 4.74 Å². The fourth-order valence-corrected chi connectivity index (χ4v) is 3.73. The summed E-state index contributed by atoms with van der Waals surface area (Å²) in [4.78, 5) is 0. The van der Waals surface area contributed by atoms with E-state index in [1.165, 1.54) is 0 Å². The van der Waals surface area contributed by atoms with Crippen LogP contribution in [0.4, 0.5) is 0 Å². The van der Waals surface area contributed by atoms with Crippen molar-refractivity contribution in [3.8, 4) is 0 Å². The van der Waals surface area contributed by atoms with Crippen LogP contribution in [0, 0.1) is 6.92 Å². The van der Waals surface area contributed by atoms with Gasteiger partial charge in [-0.3, -0.25) is 5.10 Å². The minimum absolute atomic E-state index is 0.0822. The van der Waals surface area contributed by atoms with Gasteiger partial charge in [0.2, 0.25) is 0 Å². The van der Waals surface area contributed by atoms with Gasteiger partial charge >= 0.3 is 0 Å². The first-order valence-electron chi connectivity index (χ1n) is 7.27. The molecule has 0 radical (unpaired) electrons. The Morgan fingerprint density at radius 3 is 2.86 bits per heavy atom. The number of aryl methyl sites for hydroxylation is 1. The molecule has 0 spiro atoms. The van der Waals surface area contributed by atoms with E-state index in [1.54, 1.807) is 0 Å². The maximum Gasteiger partial charge on any atom is 0.260 e. The Bertz CT molecular complexity index is 562. The molecule has 0 bridgehead atoms. The average molecular weight is 316 g/mol. The standard InChI is InChI=1S/C13H24N4O3S/c1-9(2)14-7-12-10(3)15-16-13(12)21(18,19)17-11-5-4-6-20-8-11/h9,11,14,17H,4-8H2,1-3H3,(H,15,16). The van der Waals surface area contributed by atoms with Crippen molar-refractivity contribution in [1.82, 2.24) is 20.2 Å². The Labute approximate surface area is 125 Å². The van der Waals surface area contributed by atoms with Crippen molar-refractivity contribution in [2.24, 2.45) is 0 Å². The third-order valence-corrected chi connectivity index (χ3v) is 4.95. The zero-order chi connectivity index (χ0) is 15.5. The zero-order valence-electron chi connectivity index (χ0n) is 12.8. The smallest absolute Gasteiger partial charge is 0.260 e. The molecule has 1 saturated heterocycles. The van der Waals surface area contributed by atoms with Gasteiger partial charge in [0, 0.05) is 36.5 Å². The summed E-state index contributed by atoms with van der Waals surface area (Å²) in [6, 6.07) is 0.0984. The second-order valence-corrected chi connectivity index (χ2v) is 7.33. The molecular weight excluding hydrogens is 292 g/mol. The van der Waals surface area contributed by atoms with Crippen LogP contribution in [-0.4, -0.2) is 43.9 Å². The third kappa shape index (κ3) is 4.26. The predicted molar refractivity (Wildman–Crippen MR) is 79.5 cm³/mol. The lowest BCUT2D eigenvalue weighted by Crippen LogP contribution is -2.41. The number of nitrogens with zero attached hydrogens (tertiary/aromatic N) is 1. The van der Waals surface area contributed by atoms with E-state index < -0.39 is 10.0 Å². The molecule has 1 aromatic heterocycles. The second-order valence-electron chi connectivity index (χ2n) is 5.70. The maximum absolute atomic E-state index is 12.5. The molecule has 1 aliphatic rings. The van der Waals surface area contributed by atoms with Gasteiger partial charge in [-0.1, -0.05) is 13.8 Å². The number of ether oxygens (including phenoxy) is 1. The van der Waals surface area contributed by atoms with E-state index in [0.29, 0.717) is 25.3 Å². The van der Waals surface area contributed by atoms with E-state index in [1.807, 2.05) is 20.8 Å². The molecule has 1 unspecified atom stereocenters. The van der Waals surface area contributed by atoms with Crippen LogP contribution in [0.5, 0.6) is 0 Å². The maximum atomic E-state index is 12.5. The van der Waals surface area contributed by atoms with Gasteiger partial charge < -0.3 is 10.1 Å². The van der Waals surface area contributed by atoms with E-state index in [0.717, 1.165) is 18.5 Å². The largest absolute Gasteiger partial charge is 0.380 e. The lowest BCUT2D eigenvalue weighted by atomic mass is 10.1. The summed E-state index contributed by atoms with van der Waals surface area (Å²) in [6.07, 6.45) is 1.66. The molecular formula is C13H24N4O3S. The molecule has 8 heteroatoms. The van der Waals surface area contributed by atoms with Crippen LogP contribution in [-0.2, 0) is 21.3 Å². The molecule has 0 aliphatic carbocycles. The van der Waals surface area contributed by atoms with Gasteiger partial charge in [0.15, 0.2) is 5.03 Å². The second kappa shape index (κ2) is 6.87. The molecule has 3 N–H and O–H groups in total. The van der Waals surface area contributed by atoms with E-state index in [-0.39, 0.29) is 17.1 Å². The van der Waals surface area contributed by atoms with Crippen molar-refractivity contribution in [2.45, 2.75) is 57.3 Å². The highest BCUT2D eigenvalue weighted by Gasteiger charge is 2.27. The number of nitrogens with one attached hydrogen (secondary N) is 3. The molecule has 7 nitrogen and oxygen atoms in total. The monoisotopic (exact) mass is 316 g/mol. The topological polar surface area (TPSA) is 96.1 Å².